The number of benzene rings is 2. The molecule has 2 aromatic rings. The lowest BCUT2D eigenvalue weighted by molar-refractivity contribution is -0.124. The Morgan fingerprint density at radius 1 is 1.04 bits per heavy atom. The first-order valence-electron chi connectivity index (χ1n) is 8.77. The SMILES string of the molecule is COc1ccc(CCNC(=O)COC(=O)c2ccccc2SCC(C)=O)cc1. The van der Waals surface area contributed by atoms with Gasteiger partial charge >= 0.3 is 5.97 Å². The van der Waals surface area contributed by atoms with E-state index in [1.165, 1.54) is 18.7 Å². The third-order valence-corrected chi connectivity index (χ3v) is 4.99. The van der Waals surface area contributed by atoms with Crippen molar-refractivity contribution in [3.8, 4) is 5.75 Å². The number of amides is 1. The van der Waals surface area contributed by atoms with E-state index in [2.05, 4.69) is 5.32 Å². The maximum absolute atomic E-state index is 12.3. The summed E-state index contributed by atoms with van der Waals surface area (Å²) in [5, 5.41) is 2.72. The van der Waals surface area contributed by atoms with Gasteiger partial charge in [0.25, 0.3) is 5.91 Å². The molecule has 6 nitrogen and oxygen atoms in total. The average Bonchev–Trinajstić information content (AvgIpc) is 2.71. The molecule has 2 rings (SSSR count). The van der Waals surface area contributed by atoms with Crippen LogP contribution in [0, 0.1) is 0 Å². The molecule has 0 radical (unpaired) electrons. The molecule has 0 saturated heterocycles. The fourth-order valence-electron chi connectivity index (χ4n) is 2.34. The van der Waals surface area contributed by atoms with Gasteiger partial charge in [0.1, 0.15) is 11.5 Å². The Balaban J connectivity index is 1.77. The zero-order valence-corrected chi connectivity index (χ0v) is 16.7. The maximum Gasteiger partial charge on any atom is 0.339 e. The van der Waals surface area contributed by atoms with Crippen LogP contribution in [0.15, 0.2) is 53.4 Å². The maximum atomic E-state index is 12.3. The van der Waals surface area contributed by atoms with Crippen molar-refractivity contribution in [3.05, 3.63) is 59.7 Å². The largest absolute Gasteiger partial charge is 0.497 e. The van der Waals surface area contributed by atoms with E-state index in [9.17, 15) is 14.4 Å². The highest BCUT2D eigenvalue weighted by Gasteiger charge is 2.15. The van der Waals surface area contributed by atoms with Gasteiger partial charge in [-0.05, 0) is 43.2 Å². The second-order valence-corrected chi connectivity index (χ2v) is 7.03. The minimum atomic E-state index is -0.586. The van der Waals surface area contributed by atoms with Gasteiger partial charge in [0.2, 0.25) is 0 Å². The van der Waals surface area contributed by atoms with Gasteiger partial charge in [-0.2, -0.15) is 0 Å². The summed E-state index contributed by atoms with van der Waals surface area (Å²) >= 11 is 1.27. The van der Waals surface area contributed by atoms with E-state index < -0.39 is 5.97 Å². The van der Waals surface area contributed by atoms with Crippen molar-refractivity contribution in [1.29, 1.82) is 0 Å². The number of methoxy groups -OCH3 is 1. The van der Waals surface area contributed by atoms with E-state index in [0.717, 1.165) is 11.3 Å². The van der Waals surface area contributed by atoms with Crippen LogP contribution in [-0.2, 0) is 20.7 Å². The first-order valence-corrected chi connectivity index (χ1v) is 9.76. The van der Waals surface area contributed by atoms with Gasteiger partial charge in [0.05, 0.1) is 18.4 Å². The summed E-state index contributed by atoms with van der Waals surface area (Å²) in [5.74, 6) is 0.120. The van der Waals surface area contributed by atoms with E-state index in [1.807, 2.05) is 24.3 Å². The van der Waals surface area contributed by atoms with Gasteiger partial charge < -0.3 is 14.8 Å². The number of carbonyl (C=O) groups is 3. The second-order valence-electron chi connectivity index (χ2n) is 6.01. The summed E-state index contributed by atoms with van der Waals surface area (Å²) in [6.07, 6.45) is 0.661. The van der Waals surface area contributed by atoms with Crippen LogP contribution in [0.2, 0.25) is 0 Å². The van der Waals surface area contributed by atoms with Crippen molar-refractivity contribution in [1.82, 2.24) is 5.32 Å². The van der Waals surface area contributed by atoms with Crippen molar-refractivity contribution in [2.75, 3.05) is 26.0 Å². The predicted octanol–water partition coefficient (Wildman–Crippen LogP) is 2.89. The van der Waals surface area contributed by atoms with E-state index in [4.69, 9.17) is 9.47 Å². The highest BCUT2D eigenvalue weighted by molar-refractivity contribution is 8.00. The molecule has 0 aromatic heterocycles. The molecule has 0 unspecified atom stereocenters. The standard InChI is InChI=1S/C21H23NO5S/c1-15(23)14-28-19-6-4-3-5-18(19)21(25)27-13-20(24)22-12-11-16-7-9-17(26-2)10-8-16/h3-10H,11-14H2,1-2H3,(H,22,24). The van der Waals surface area contributed by atoms with Gasteiger partial charge in [0.15, 0.2) is 6.61 Å². The van der Waals surface area contributed by atoms with Crippen molar-refractivity contribution in [3.63, 3.8) is 0 Å². The Morgan fingerprint density at radius 2 is 1.75 bits per heavy atom. The molecule has 28 heavy (non-hydrogen) atoms. The molecule has 0 heterocycles. The van der Waals surface area contributed by atoms with Crippen molar-refractivity contribution >= 4 is 29.4 Å². The van der Waals surface area contributed by atoms with Gasteiger partial charge in [-0.3, -0.25) is 9.59 Å². The predicted molar refractivity (Wildman–Crippen MR) is 108 cm³/mol. The fourth-order valence-corrected chi connectivity index (χ4v) is 3.18. The van der Waals surface area contributed by atoms with Crippen LogP contribution < -0.4 is 10.1 Å². The summed E-state index contributed by atoms with van der Waals surface area (Å²) in [5.41, 5.74) is 1.41. The second kappa shape index (κ2) is 11.1. The molecule has 1 amide bonds. The Bertz CT molecular complexity index is 820. The van der Waals surface area contributed by atoms with Crippen LogP contribution in [0.5, 0.6) is 5.75 Å². The fraction of sp³-hybridized carbons (Fsp3) is 0.286. The number of hydrogen-bond donors (Lipinski definition) is 1. The lowest BCUT2D eigenvalue weighted by atomic mass is 10.1. The molecule has 2 aromatic carbocycles. The number of Topliss-reactive ketones (excluding diaryl/α,β-unsaturated/α-hetero) is 1. The van der Waals surface area contributed by atoms with Gasteiger partial charge in [-0.1, -0.05) is 24.3 Å². The number of carbonyl (C=O) groups excluding carboxylic acids is 3. The number of rotatable bonds is 10. The molecule has 0 bridgehead atoms. The summed E-state index contributed by atoms with van der Waals surface area (Å²) in [6.45, 7) is 1.57. The van der Waals surface area contributed by atoms with E-state index in [0.29, 0.717) is 23.4 Å². The number of nitrogens with one attached hydrogen (secondary N) is 1. The zero-order valence-electron chi connectivity index (χ0n) is 15.9. The van der Waals surface area contributed by atoms with E-state index >= 15 is 0 Å². The smallest absolute Gasteiger partial charge is 0.339 e. The Hall–Kier alpha value is -2.80. The number of esters is 1. The molecular weight excluding hydrogens is 378 g/mol. The van der Waals surface area contributed by atoms with Crippen molar-refractivity contribution in [2.45, 2.75) is 18.2 Å². The molecule has 0 saturated carbocycles. The van der Waals surface area contributed by atoms with Crippen LogP contribution in [0.4, 0.5) is 0 Å². The van der Waals surface area contributed by atoms with E-state index in [1.54, 1.807) is 31.4 Å². The molecular formula is C21H23NO5S. The van der Waals surface area contributed by atoms with Gasteiger partial charge in [0, 0.05) is 11.4 Å². The monoisotopic (exact) mass is 401 g/mol. The molecule has 148 valence electrons. The van der Waals surface area contributed by atoms with Crippen LogP contribution in [0.25, 0.3) is 0 Å². The Labute approximate surface area is 168 Å². The molecule has 0 fully saturated rings. The normalized spacial score (nSPS) is 10.2. The van der Waals surface area contributed by atoms with Crippen molar-refractivity contribution < 1.29 is 23.9 Å². The van der Waals surface area contributed by atoms with Crippen LogP contribution >= 0.6 is 11.8 Å². The average molecular weight is 401 g/mol. The summed E-state index contributed by atoms with van der Waals surface area (Å²) < 4.78 is 10.2. The summed E-state index contributed by atoms with van der Waals surface area (Å²) in [6, 6.07) is 14.4. The third-order valence-electron chi connectivity index (χ3n) is 3.77. The van der Waals surface area contributed by atoms with E-state index in [-0.39, 0.29) is 24.1 Å². The van der Waals surface area contributed by atoms with Crippen LogP contribution in [0.3, 0.4) is 0 Å². The minimum absolute atomic E-state index is 0.0180. The summed E-state index contributed by atoms with van der Waals surface area (Å²) in [4.78, 5) is 36.0. The molecule has 1 N–H and O–H groups in total. The first-order chi connectivity index (χ1) is 13.5. The third kappa shape index (κ3) is 7.08. The first kappa shape index (κ1) is 21.5. The topological polar surface area (TPSA) is 81.7 Å². The molecule has 7 heteroatoms. The number of thioether (sulfide) groups is 1. The lowest BCUT2D eigenvalue weighted by Crippen LogP contribution is -2.30. The number of ketones is 1. The molecule has 0 aliphatic rings. The molecule has 0 spiro atoms. The van der Waals surface area contributed by atoms with Gasteiger partial charge in [-0.25, -0.2) is 4.79 Å². The number of hydrogen-bond acceptors (Lipinski definition) is 6. The highest BCUT2D eigenvalue weighted by atomic mass is 32.2. The quantitative estimate of drug-likeness (QED) is 0.487. The Morgan fingerprint density at radius 3 is 2.43 bits per heavy atom. The lowest BCUT2D eigenvalue weighted by Gasteiger charge is -2.09. The zero-order chi connectivity index (χ0) is 20.4. The number of ether oxygens (including phenoxy) is 2. The highest BCUT2D eigenvalue weighted by Crippen LogP contribution is 2.23. The minimum Gasteiger partial charge on any atom is -0.497 e. The Kier molecular flexibility index (Phi) is 8.55. The molecule has 0 aliphatic heterocycles. The van der Waals surface area contributed by atoms with Gasteiger partial charge in [-0.15, -0.1) is 11.8 Å². The summed E-state index contributed by atoms with van der Waals surface area (Å²) in [7, 11) is 1.61. The molecule has 0 atom stereocenters. The van der Waals surface area contributed by atoms with Crippen molar-refractivity contribution in [2.24, 2.45) is 0 Å². The van der Waals surface area contributed by atoms with Crippen LogP contribution in [-0.4, -0.2) is 43.7 Å². The van der Waals surface area contributed by atoms with Crippen LogP contribution in [0.1, 0.15) is 22.8 Å². The molecule has 0 aliphatic carbocycles.